The van der Waals surface area contributed by atoms with E-state index in [9.17, 15) is 14.4 Å². The number of amides is 3. The Morgan fingerprint density at radius 2 is 1.89 bits per heavy atom. The molecule has 150 valence electrons. The maximum Gasteiger partial charge on any atom is 0.263 e. The Hall–Kier alpha value is -2.19. The van der Waals surface area contributed by atoms with Crippen LogP contribution in [0.5, 0.6) is 0 Å². The van der Waals surface area contributed by atoms with Crippen LogP contribution in [-0.2, 0) is 22.6 Å². The van der Waals surface area contributed by atoms with E-state index in [2.05, 4.69) is 16.7 Å². The van der Waals surface area contributed by atoms with E-state index in [1.165, 1.54) is 23.1 Å². The summed E-state index contributed by atoms with van der Waals surface area (Å²) in [6.07, 6.45) is 2.25. The van der Waals surface area contributed by atoms with Gasteiger partial charge in [0.1, 0.15) is 0 Å². The molecular weight excluding hydrogens is 394 g/mol. The van der Waals surface area contributed by atoms with Crippen molar-refractivity contribution in [3.63, 3.8) is 0 Å². The van der Waals surface area contributed by atoms with Crippen molar-refractivity contribution in [3.8, 4) is 0 Å². The van der Waals surface area contributed by atoms with E-state index in [0.29, 0.717) is 43.9 Å². The molecule has 3 rings (SSSR count). The smallest absolute Gasteiger partial charge is 0.263 e. The maximum atomic E-state index is 12.7. The summed E-state index contributed by atoms with van der Waals surface area (Å²) in [7, 11) is 0. The Labute approximate surface area is 172 Å². The average Bonchev–Trinajstić information content (AvgIpc) is 3.38. The molecule has 1 fully saturated rings. The fourth-order valence-corrected chi connectivity index (χ4v) is 4.83. The normalized spacial score (nSPS) is 14.7. The summed E-state index contributed by atoms with van der Waals surface area (Å²) in [5.74, 6) is -0.00364. The highest BCUT2D eigenvalue weighted by molar-refractivity contribution is 7.14. The number of carbonyl (C=O) groups excluding carboxylic acids is 3. The zero-order valence-corrected chi connectivity index (χ0v) is 17.5. The van der Waals surface area contributed by atoms with Crippen molar-refractivity contribution >= 4 is 40.4 Å². The summed E-state index contributed by atoms with van der Waals surface area (Å²) < 4.78 is 0. The first-order valence-electron chi connectivity index (χ1n) is 9.45. The molecule has 8 heteroatoms. The quantitative estimate of drug-likeness (QED) is 0.724. The highest BCUT2D eigenvalue weighted by Crippen LogP contribution is 2.23. The van der Waals surface area contributed by atoms with E-state index in [4.69, 9.17) is 0 Å². The van der Waals surface area contributed by atoms with Crippen LogP contribution in [0.3, 0.4) is 0 Å². The molecule has 1 aliphatic heterocycles. The van der Waals surface area contributed by atoms with Crippen molar-refractivity contribution < 1.29 is 14.4 Å². The molecule has 3 heterocycles. The van der Waals surface area contributed by atoms with Gasteiger partial charge in [-0.2, -0.15) is 0 Å². The van der Waals surface area contributed by atoms with Crippen LogP contribution in [-0.4, -0.2) is 42.3 Å². The molecule has 1 saturated heterocycles. The van der Waals surface area contributed by atoms with E-state index in [0.717, 1.165) is 11.3 Å². The SMILES string of the molecule is CC(=O)NCc1ccc(C(=O)N2CCC(C(=O)NCCc3cccs3)CC2)s1. The first-order chi connectivity index (χ1) is 13.5. The third-order valence-electron chi connectivity index (χ3n) is 4.79. The molecule has 0 aliphatic carbocycles. The second-order valence-electron chi connectivity index (χ2n) is 6.86. The standard InChI is InChI=1S/C20H25N3O3S2/c1-14(24)22-13-17-4-5-18(28-17)20(26)23-10-7-15(8-11-23)19(25)21-9-6-16-3-2-12-27-16/h2-5,12,15H,6-11,13H2,1H3,(H,21,25)(H,22,24). The molecule has 0 radical (unpaired) electrons. The van der Waals surface area contributed by atoms with Gasteiger partial charge in [-0.05, 0) is 42.8 Å². The van der Waals surface area contributed by atoms with Crippen molar-refractivity contribution in [3.05, 3.63) is 44.3 Å². The number of piperidine rings is 1. The third-order valence-corrected chi connectivity index (χ3v) is 6.80. The van der Waals surface area contributed by atoms with Crippen molar-refractivity contribution in [1.82, 2.24) is 15.5 Å². The van der Waals surface area contributed by atoms with Gasteiger partial charge >= 0.3 is 0 Å². The summed E-state index contributed by atoms with van der Waals surface area (Å²) in [5.41, 5.74) is 0. The molecule has 0 unspecified atom stereocenters. The lowest BCUT2D eigenvalue weighted by Gasteiger charge is -2.31. The van der Waals surface area contributed by atoms with Gasteiger partial charge in [-0.15, -0.1) is 22.7 Å². The third kappa shape index (κ3) is 5.65. The molecule has 0 saturated carbocycles. The van der Waals surface area contributed by atoms with E-state index in [1.807, 2.05) is 28.5 Å². The highest BCUT2D eigenvalue weighted by Gasteiger charge is 2.28. The Balaban J connectivity index is 1.42. The lowest BCUT2D eigenvalue weighted by molar-refractivity contribution is -0.126. The lowest BCUT2D eigenvalue weighted by atomic mass is 9.95. The molecule has 0 atom stereocenters. The minimum absolute atomic E-state index is 0.00984. The second kappa shape index (κ2) is 9.84. The van der Waals surface area contributed by atoms with Gasteiger partial charge in [0, 0.05) is 42.2 Å². The zero-order valence-electron chi connectivity index (χ0n) is 15.9. The van der Waals surface area contributed by atoms with E-state index < -0.39 is 0 Å². The van der Waals surface area contributed by atoms with Crippen LogP contribution in [0.2, 0.25) is 0 Å². The fourth-order valence-electron chi connectivity index (χ4n) is 3.21. The van der Waals surface area contributed by atoms with Gasteiger partial charge in [0.05, 0.1) is 11.4 Å². The number of rotatable bonds is 7. The molecule has 2 aromatic rings. The number of hydrogen-bond donors (Lipinski definition) is 2. The second-order valence-corrected chi connectivity index (χ2v) is 9.06. The number of hydrogen-bond acceptors (Lipinski definition) is 5. The minimum atomic E-state index is -0.0861. The van der Waals surface area contributed by atoms with Crippen molar-refractivity contribution in [2.75, 3.05) is 19.6 Å². The Morgan fingerprint density at radius 3 is 2.57 bits per heavy atom. The highest BCUT2D eigenvalue weighted by atomic mass is 32.1. The van der Waals surface area contributed by atoms with Crippen LogP contribution in [0.25, 0.3) is 0 Å². The number of nitrogens with zero attached hydrogens (tertiary/aromatic N) is 1. The van der Waals surface area contributed by atoms with Gasteiger partial charge in [-0.3, -0.25) is 14.4 Å². The zero-order chi connectivity index (χ0) is 19.9. The Morgan fingerprint density at radius 1 is 1.11 bits per heavy atom. The molecule has 0 bridgehead atoms. The summed E-state index contributed by atoms with van der Waals surface area (Å²) in [6.45, 7) is 3.77. The predicted octanol–water partition coefficient (Wildman–Crippen LogP) is 2.66. The van der Waals surface area contributed by atoms with Crippen LogP contribution in [0.1, 0.15) is 39.2 Å². The Kier molecular flexibility index (Phi) is 7.22. The van der Waals surface area contributed by atoms with Gasteiger partial charge in [-0.1, -0.05) is 6.07 Å². The molecule has 0 aromatic carbocycles. The summed E-state index contributed by atoms with van der Waals surface area (Å²) in [5, 5.41) is 7.81. The van der Waals surface area contributed by atoms with Gasteiger partial charge in [0.2, 0.25) is 11.8 Å². The molecule has 1 aliphatic rings. The van der Waals surface area contributed by atoms with Crippen LogP contribution in [0.15, 0.2) is 29.6 Å². The number of carbonyl (C=O) groups is 3. The summed E-state index contributed by atoms with van der Waals surface area (Å²) >= 11 is 3.11. The first-order valence-corrected chi connectivity index (χ1v) is 11.1. The van der Waals surface area contributed by atoms with E-state index in [1.54, 1.807) is 11.3 Å². The molecule has 2 N–H and O–H groups in total. The van der Waals surface area contributed by atoms with Crippen molar-refractivity contribution in [2.45, 2.75) is 32.7 Å². The lowest BCUT2D eigenvalue weighted by Crippen LogP contribution is -2.43. The topological polar surface area (TPSA) is 78.5 Å². The van der Waals surface area contributed by atoms with Gasteiger partial charge < -0.3 is 15.5 Å². The van der Waals surface area contributed by atoms with Gasteiger partial charge in [-0.25, -0.2) is 0 Å². The fraction of sp³-hybridized carbons (Fsp3) is 0.450. The van der Waals surface area contributed by atoms with Crippen LogP contribution >= 0.6 is 22.7 Å². The first kappa shape index (κ1) is 20.5. The van der Waals surface area contributed by atoms with Crippen LogP contribution in [0, 0.1) is 5.92 Å². The monoisotopic (exact) mass is 419 g/mol. The molecule has 2 aromatic heterocycles. The largest absolute Gasteiger partial charge is 0.355 e. The maximum absolute atomic E-state index is 12.7. The van der Waals surface area contributed by atoms with Gasteiger partial charge in [0.15, 0.2) is 0 Å². The molecule has 0 spiro atoms. The summed E-state index contributed by atoms with van der Waals surface area (Å²) in [6, 6.07) is 7.78. The van der Waals surface area contributed by atoms with Crippen LogP contribution in [0.4, 0.5) is 0 Å². The van der Waals surface area contributed by atoms with E-state index >= 15 is 0 Å². The number of thiophene rings is 2. The van der Waals surface area contributed by atoms with Crippen LogP contribution < -0.4 is 10.6 Å². The van der Waals surface area contributed by atoms with E-state index in [-0.39, 0.29) is 23.6 Å². The summed E-state index contributed by atoms with van der Waals surface area (Å²) in [4.78, 5) is 40.8. The minimum Gasteiger partial charge on any atom is -0.355 e. The Bertz CT molecular complexity index is 809. The van der Waals surface area contributed by atoms with Crippen molar-refractivity contribution in [2.24, 2.45) is 5.92 Å². The molecule has 28 heavy (non-hydrogen) atoms. The van der Waals surface area contributed by atoms with Gasteiger partial charge in [0.25, 0.3) is 5.91 Å². The average molecular weight is 420 g/mol. The number of likely N-dealkylation sites (tertiary alicyclic amines) is 1. The molecule has 6 nitrogen and oxygen atoms in total. The number of nitrogens with one attached hydrogen (secondary N) is 2. The van der Waals surface area contributed by atoms with Crippen molar-refractivity contribution in [1.29, 1.82) is 0 Å². The molecular formula is C20H25N3O3S2. The molecule has 3 amide bonds. The predicted molar refractivity (Wildman–Crippen MR) is 111 cm³/mol.